The van der Waals surface area contributed by atoms with Crippen LogP contribution < -0.4 is 5.32 Å². The summed E-state index contributed by atoms with van der Waals surface area (Å²) in [7, 11) is 0. The highest BCUT2D eigenvalue weighted by atomic mass is 16.5. The fourth-order valence-corrected chi connectivity index (χ4v) is 7.50. The maximum absolute atomic E-state index is 13.2. The zero-order chi connectivity index (χ0) is 45.9. The van der Waals surface area contributed by atoms with E-state index in [0.717, 1.165) is 83.5 Å². The van der Waals surface area contributed by atoms with Gasteiger partial charge in [0.25, 0.3) is 0 Å². The fourth-order valence-electron chi connectivity index (χ4n) is 7.50. The van der Waals surface area contributed by atoms with Crippen molar-refractivity contribution in [3.05, 3.63) is 85.1 Å². The van der Waals surface area contributed by atoms with Gasteiger partial charge in [-0.15, -0.1) is 0 Å². The van der Waals surface area contributed by atoms with Crippen LogP contribution in [0.1, 0.15) is 239 Å². The number of aliphatic hydroxyl groups excluding tert-OH is 2. The van der Waals surface area contributed by atoms with Crippen LogP contribution in [-0.4, -0.2) is 46.9 Å². The Morgan fingerprint density at radius 1 is 0.476 bits per heavy atom. The van der Waals surface area contributed by atoms with Crippen LogP contribution in [0.3, 0.4) is 0 Å². The second-order valence-corrected chi connectivity index (χ2v) is 17.5. The number of hydrogen-bond donors (Lipinski definition) is 3. The number of hydrogen-bond acceptors (Lipinski definition) is 5. The molecule has 0 aromatic carbocycles. The number of aliphatic hydroxyl groups is 2. The van der Waals surface area contributed by atoms with E-state index in [0.29, 0.717) is 25.7 Å². The normalized spacial score (nSPS) is 13.9. The summed E-state index contributed by atoms with van der Waals surface area (Å²) in [5.41, 5.74) is 0. The molecule has 3 unspecified atom stereocenters. The monoisotopic (exact) mass is 878 g/mol. The molecule has 63 heavy (non-hydrogen) atoms. The van der Waals surface area contributed by atoms with Crippen LogP contribution in [0.25, 0.3) is 0 Å². The number of amides is 1. The summed E-state index contributed by atoms with van der Waals surface area (Å²) in [6.45, 7) is 6.32. The Balaban J connectivity index is 4.67. The van der Waals surface area contributed by atoms with Crippen LogP contribution in [-0.2, 0) is 14.3 Å². The van der Waals surface area contributed by atoms with Gasteiger partial charge in [0.05, 0.1) is 25.2 Å². The van der Waals surface area contributed by atoms with Gasteiger partial charge in [-0.1, -0.05) is 215 Å². The Bertz CT molecular complexity index is 1210. The Hall–Kier alpha value is -2.96. The highest BCUT2D eigenvalue weighted by molar-refractivity contribution is 5.77. The standard InChI is InChI=1S/C57H99NO5/c1-4-7-10-13-16-19-22-25-27-28-30-32-35-38-41-44-47-50-57(62)63-53(48-45-42-39-36-33-24-21-18-15-12-9-6-3)51-56(61)58-54(52-59)55(60)49-46-43-40-37-34-31-29-26-23-20-17-14-11-8-5-2/h9,12,16,18-19,21,25,27,30,32-33,36,38,41,53-55,59-60H,4-8,10-11,13-15,17,20,22-24,26,28-29,31,34-35,37,39-40,42-52H2,1-3H3,(H,58,61)/b12-9+,19-16-,21-18+,27-25-,32-30-,36-33+,41-38-. The van der Waals surface area contributed by atoms with Crippen molar-refractivity contribution < 1.29 is 24.5 Å². The Morgan fingerprint density at radius 2 is 0.857 bits per heavy atom. The molecule has 362 valence electrons. The van der Waals surface area contributed by atoms with Crippen LogP contribution in [0.2, 0.25) is 0 Å². The molecule has 0 spiro atoms. The molecule has 6 nitrogen and oxygen atoms in total. The van der Waals surface area contributed by atoms with E-state index in [1.807, 2.05) is 0 Å². The van der Waals surface area contributed by atoms with Gasteiger partial charge in [0.1, 0.15) is 6.10 Å². The third-order valence-corrected chi connectivity index (χ3v) is 11.5. The smallest absolute Gasteiger partial charge is 0.306 e. The highest BCUT2D eigenvalue weighted by Crippen LogP contribution is 2.17. The number of unbranched alkanes of at least 4 members (excludes halogenated alkanes) is 20. The summed E-state index contributed by atoms with van der Waals surface area (Å²) in [5.74, 6) is -0.583. The number of carbonyl (C=O) groups excluding carboxylic acids is 2. The summed E-state index contributed by atoms with van der Waals surface area (Å²) in [5, 5.41) is 23.8. The average Bonchev–Trinajstić information content (AvgIpc) is 3.28. The van der Waals surface area contributed by atoms with Gasteiger partial charge in [0, 0.05) is 6.42 Å². The summed E-state index contributed by atoms with van der Waals surface area (Å²) < 4.78 is 5.88. The van der Waals surface area contributed by atoms with Gasteiger partial charge in [-0.25, -0.2) is 0 Å². The lowest BCUT2D eigenvalue weighted by Gasteiger charge is -2.24. The average molecular weight is 878 g/mol. The van der Waals surface area contributed by atoms with E-state index in [2.05, 4.69) is 111 Å². The Labute approximate surface area is 389 Å². The lowest BCUT2D eigenvalue weighted by Crippen LogP contribution is -2.46. The number of carbonyl (C=O) groups is 2. The van der Waals surface area contributed by atoms with Gasteiger partial charge in [-0.3, -0.25) is 9.59 Å². The van der Waals surface area contributed by atoms with Gasteiger partial charge in [0.15, 0.2) is 0 Å². The van der Waals surface area contributed by atoms with Gasteiger partial charge in [-0.2, -0.15) is 0 Å². The molecule has 0 aliphatic carbocycles. The molecule has 0 bridgehead atoms. The first-order chi connectivity index (χ1) is 31.0. The molecule has 0 saturated carbocycles. The topological polar surface area (TPSA) is 95.9 Å². The molecule has 0 aliphatic heterocycles. The molecule has 6 heteroatoms. The first-order valence-electron chi connectivity index (χ1n) is 26.3. The second-order valence-electron chi connectivity index (χ2n) is 17.5. The second kappa shape index (κ2) is 50.0. The van der Waals surface area contributed by atoms with Crippen molar-refractivity contribution in [2.45, 2.75) is 257 Å². The van der Waals surface area contributed by atoms with Crippen molar-refractivity contribution in [1.29, 1.82) is 0 Å². The first-order valence-corrected chi connectivity index (χ1v) is 26.3. The third-order valence-electron chi connectivity index (χ3n) is 11.5. The zero-order valence-electron chi connectivity index (χ0n) is 41.2. The van der Waals surface area contributed by atoms with Crippen molar-refractivity contribution in [2.24, 2.45) is 0 Å². The van der Waals surface area contributed by atoms with Gasteiger partial charge >= 0.3 is 5.97 Å². The molecule has 0 aromatic rings. The van der Waals surface area contributed by atoms with Crippen molar-refractivity contribution in [1.82, 2.24) is 5.32 Å². The number of esters is 1. The molecule has 0 aliphatic rings. The third kappa shape index (κ3) is 45.4. The maximum Gasteiger partial charge on any atom is 0.306 e. The van der Waals surface area contributed by atoms with Crippen LogP contribution in [0.5, 0.6) is 0 Å². The molecule has 0 aromatic heterocycles. The molecule has 0 radical (unpaired) electrons. The summed E-state index contributed by atoms with van der Waals surface area (Å²) in [6.07, 6.45) is 65.1. The summed E-state index contributed by atoms with van der Waals surface area (Å²) in [6, 6.07) is -0.729. The lowest BCUT2D eigenvalue weighted by atomic mass is 10.0. The van der Waals surface area contributed by atoms with Crippen molar-refractivity contribution in [2.75, 3.05) is 6.61 Å². The molecule has 0 heterocycles. The van der Waals surface area contributed by atoms with E-state index in [4.69, 9.17) is 4.74 Å². The minimum absolute atomic E-state index is 0.0260. The fraction of sp³-hybridized carbons (Fsp3) is 0.719. The molecule has 0 saturated heterocycles. The van der Waals surface area contributed by atoms with Crippen LogP contribution >= 0.6 is 0 Å². The van der Waals surface area contributed by atoms with E-state index in [1.54, 1.807) is 0 Å². The Kier molecular flexibility index (Phi) is 47.7. The van der Waals surface area contributed by atoms with E-state index in [1.165, 1.54) is 103 Å². The molecule has 3 atom stereocenters. The molecule has 1 amide bonds. The number of allylic oxidation sites excluding steroid dienone is 14. The molecule has 3 N–H and O–H groups in total. The SMILES string of the molecule is CC/C=C/C/C=C/C/C=C/CCCCC(CC(=O)NC(CO)C(O)CCCCCCCCCCCCCCCCC)OC(=O)CCC/C=C\C/C=C\C/C=C\C/C=C\CCCCC. The molecule has 0 rings (SSSR count). The van der Waals surface area contributed by atoms with E-state index < -0.39 is 18.2 Å². The van der Waals surface area contributed by atoms with E-state index >= 15 is 0 Å². The van der Waals surface area contributed by atoms with Crippen molar-refractivity contribution in [3.8, 4) is 0 Å². The molecular formula is C57H99NO5. The lowest BCUT2D eigenvalue weighted by molar-refractivity contribution is -0.151. The minimum atomic E-state index is -0.811. The predicted molar refractivity (Wildman–Crippen MR) is 273 cm³/mol. The number of nitrogens with one attached hydrogen (secondary N) is 1. The van der Waals surface area contributed by atoms with Crippen LogP contribution in [0.15, 0.2) is 85.1 Å². The summed E-state index contributed by atoms with van der Waals surface area (Å²) in [4.78, 5) is 26.1. The zero-order valence-corrected chi connectivity index (χ0v) is 41.2. The van der Waals surface area contributed by atoms with Crippen LogP contribution in [0, 0.1) is 0 Å². The summed E-state index contributed by atoms with van der Waals surface area (Å²) >= 11 is 0. The predicted octanol–water partition coefficient (Wildman–Crippen LogP) is 16.0. The van der Waals surface area contributed by atoms with Gasteiger partial charge in [0.2, 0.25) is 5.91 Å². The minimum Gasteiger partial charge on any atom is -0.462 e. The van der Waals surface area contributed by atoms with Gasteiger partial charge < -0.3 is 20.3 Å². The maximum atomic E-state index is 13.2. The highest BCUT2D eigenvalue weighted by Gasteiger charge is 2.24. The van der Waals surface area contributed by atoms with Crippen molar-refractivity contribution >= 4 is 11.9 Å². The molecular weight excluding hydrogens is 779 g/mol. The number of ether oxygens (including phenoxy) is 1. The van der Waals surface area contributed by atoms with Gasteiger partial charge in [-0.05, 0) is 96.3 Å². The largest absolute Gasteiger partial charge is 0.462 e. The van der Waals surface area contributed by atoms with Crippen molar-refractivity contribution in [3.63, 3.8) is 0 Å². The molecule has 0 fully saturated rings. The van der Waals surface area contributed by atoms with E-state index in [9.17, 15) is 19.8 Å². The number of rotatable bonds is 46. The van der Waals surface area contributed by atoms with Crippen LogP contribution in [0.4, 0.5) is 0 Å². The Morgan fingerprint density at radius 3 is 1.32 bits per heavy atom. The first kappa shape index (κ1) is 60.0. The quantitative estimate of drug-likeness (QED) is 0.0322. The van der Waals surface area contributed by atoms with E-state index in [-0.39, 0.29) is 24.9 Å².